The van der Waals surface area contributed by atoms with E-state index >= 15 is 0 Å². The standard InChI is InChI=1S/C9H15N3O2S/c13-8(11-3-1-10-2-4-11)7-12-5-6-15-9(12)14/h10H,1-7H2. The largest absolute Gasteiger partial charge is 0.339 e. The van der Waals surface area contributed by atoms with Gasteiger partial charge in [-0.25, -0.2) is 0 Å². The third kappa shape index (κ3) is 2.63. The van der Waals surface area contributed by atoms with Gasteiger partial charge in [-0.1, -0.05) is 11.8 Å². The molecule has 2 rings (SSSR count). The van der Waals surface area contributed by atoms with Crippen molar-refractivity contribution in [3.05, 3.63) is 0 Å². The number of nitrogens with zero attached hydrogens (tertiary/aromatic N) is 2. The van der Waals surface area contributed by atoms with Crippen LogP contribution in [0.5, 0.6) is 0 Å². The Labute approximate surface area is 93.2 Å². The molecular weight excluding hydrogens is 214 g/mol. The number of thioether (sulfide) groups is 1. The number of rotatable bonds is 2. The van der Waals surface area contributed by atoms with E-state index in [-0.39, 0.29) is 17.7 Å². The van der Waals surface area contributed by atoms with Gasteiger partial charge in [0.15, 0.2) is 0 Å². The maximum absolute atomic E-state index is 11.8. The van der Waals surface area contributed by atoms with Crippen LogP contribution in [0, 0.1) is 0 Å². The summed E-state index contributed by atoms with van der Waals surface area (Å²) in [5.41, 5.74) is 0. The first-order valence-corrected chi connectivity index (χ1v) is 6.16. The molecule has 2 aliphatic rings. The van der Waals surface area contributed by atoms with Gasteiger partial charge in [0.2, 0.25) is 5.91 Å². The van der Waals surface area contributed by atoms with Gasteiger partial charge in [0.1, 0.15) is 6.54 Å². The lowest BCUT2D eigenvalue weighted by atomic mass is 10.3. The van der Waals surface area contributed by atoms with Gasteiger partial charge in [0, 0.05) is 38.5 Å². The maximum Gasteiger partial charge on any atom is 0.282 e. The zero-order valence-electron chi connectivity index (χ0n) is 8.57. The van der Waals surface area contributed by atoms with Crippen molar-refractivity contribution in [2.75, 3.05) is 45.0 Å². The van der Waals surface area contributed by atoms with Crippen molar-refractivity contribution in [1.29, 1.82) is 0 Å². The molecule has 1 N–H and O–H groups in total. The second kappa shape index (κ2) is 4.85. The highest BCUT2D eigenvalue weighted by molar-refractivity contribution is 8.13. The summed E-state index contributed by atoms with van der Waals surface area (Å²) >= 11 is 1.30. The lowest BCUT2D eigenvalue weighted by Gasteiger charge is -2.28. The minimum atomic E-state index is 0.0403. The van der Waals surface area contributed by atoms with Crippen LogP contribution >= 0.6 is 11.8 Å². The summed E-state index contributed by atoms with van der Waals surface area (Å²) in [4.78, 5) is 26.6. The van der Waals surface area contributed by atoms with Gasteiger partial charge in [-0.3, -0.25) is 9.59 Å². The molecular formula is C9H15N3O2S. The molecule has 2 saturated heterocycles. The average Bonchev–Trinajstić information content (AvgIpc) is 2.66. The van der Waals surface area contributed by atoms with E-state index in [1.165, 1.54) is 11.8 Å². The summed E-state index contributed by atoms with van der Waals surface area (Å²) in [6.45, 7) is 4.19. The zero-order valence-corrected chi connectivity index (χ0v) is 9.39. The third-order valence-corrected chi connectivity index (χ3v) is 3.53. The van der Waals surface area contributed by atoms with Crippen LogP contribution in [0.4, 0.5) is 4.79 Å². The van der Waals surface area contributed by atoms with Crippen LogP contribution in [0.15, 0.2) is 0 Å². The highest BCUT2D eigenvalue weighted by Gasteiger charge is 2.25. The molecule has 0 saturated carbocycles. The number of carbonyl (C=O) groups excluding carboxylic acids is 2. The molecule has 0 bridgehead atoms. The van der Waals surface area contributed by atoms with E-state index in [0.717, 1.165) is 31.9 Å². The first kappa shape index (κ1) is 10.8. The first-order chi connectivity index (χ1) is 7.27. The molecule has 15 heavy (non-hydrogen) atoms. The van der Waals surface area contributed by atoms with Crippen molar-refractivity contribution in [2.24, 2.45) is 0 Å². The van der Waals surface area contributed by atoms with Gasteiger partial charge in [-0.15, -0.1) is 0 Å². The predicted molar refractivity (Wildman–Crippen MR) is 58.9 cm³/mol. The predicted octanol–water partition coefficient (Wildman–Crippen LogP) is -0.413. The molecule has 5 nitrogen and oxygen atoms in total. The molecule has 0 atom stereocenters. The quantitative estimate of drug-likeness (QED) is 0.699. The molecule has 0 aromatic carbocycles. The SMILES string of the molecule is O=C(CN1CCSC1=O)N1CCNCC1. The fraction of sp³-hybridized carbons (Fsp3) is 0.778. The Balaban J connectivity index is 1.82. The second-order valence-corrected chi connectivity index (χ2v) is 4.71. The monoisotopic (exact) mass is 229 g/mol. The molecule has 2 heterocycles. The topological polar surface area (TPSA) is 52.7 Å². The fourth-order valence-corrected chi connectivity index (χ4v) is 2.57. The Kier molecular flexibility index (Phi) is 3.48. The minimum Gasteiger partial charge on any atom is -0.339 e. The van der Waals surface area contributed by atoms with Crippen molar-refractivity contribution in [2.45, 2.75) is 0 Å². The van der Waals surface area contributed by atoms with Gasteiger partial charge < -0.3 is 15.1 Å². The van der Waals surface area contributed by atoms with Gasteiger partial charge in [0.05, 0.1) is 0 Å². The number of amides is 2. The van der Waals surface area contributed by atoms with Crippen LogP contribution in [0.2, 0.25) is 0 Å². The number of nitrogens with one attached hydrogen (secondary N) is 1. The lowest BCUT2D eigenvalue weighted by Crippen LogP contribution is -2.49. The maximum atomic E-state index is 11.8. The Bertz CT molecular complexity index is 266. The molecule has 0 aliphatic carbocycles. The molecule has 84 valence electrons. The second-order valence-electron chi connectivity index (χ2n) is 3.67. The van der Waals surface area contributed by atoms with E-state index in [1.54, 1.807) is 4.90 Å². The van der Waals surface area contributed by atoms with Gasteiger partial charge >= 0.3 is 0 Å². The summed E-state index contributed by atoms with van der Waals surface area (Å²) in [7, 11) is 0. The van der Waals surface area contributed by atoms with E-state index in [4.69, 9.17) is 0 Å². The molecule has 0 spiro atoms. The Hall–Kier alpha value is -0.750. The molecule has 2 aliphatic heterocycles. The summed E-state index contributed by atoms with van der Waals surface area (Å²) in [6.07, 6.45) is 0. The van der Waals surface area contributed by atoms with Crippen LogP contribution in [-0.2, 0) is 4.79 Å². The third-order valence-electron chi connectivity index (χ3n) is 2.64. The molecule has 6 heteroatoms. The Morgan fingerprint density at radius 3 is 2.67 bits per heavy atom. The van der Waals surface area contributed by atoms with E-state index < -0.39 is 0 Å². The van der Waals surface area contributed by atoms with Crippen LogP contribution in [-0.4, -0.2) is 66.0 Å². The van der Waals surface area contributed by atoms with E-state index in [0.29, 0.717) is 6.54 Å². The normalized spacial score (nSPS) is 22.3. The minimum absolute atomic E-state index is 0.0403. The van der Waals surface area contributed by atoms with Crippen molar-refractivity contribution in [3.8, 4) is 0 Å². The highest BCUT2D eigenvalue weighted by atomic mass is 32.2. The van der Waals surface area contributed by atoms with Crippen LogP contribution in [0.25, 0.3) is 0 Å². The number of piperazine rings is 1. The van der Waals surface area contributed by atoms with Crippen LogP contribution < -0.4 is 5.32 Å². The molecule has 2 amide bonds. The van der Waals surface area contributed by atoms with Gasteiger partial charge in [0.25, 0.3) is 5.24 Å². The van der Waals surface area contributed by atoms with Gasteiger partial charge in [-0.05, 0) is 0 Å². The van der Waals surface area contributed by atoms with Crippen molar-refractivity contribution < 1.29 is 9.59 Å². The molecule has 0 unspecified atom stereocenters. The average molecular weight is 229 g/mol. The van der Waals surface area contributed by atoms with Gasteiger partial charge in [-0.2, -0.15) is 0 Å². The van der Waals surface area contributed by atoms with Crippen LogP contribution in [0.1, 0.15) is 0 Å². The summed E-state index contributed by atoms with van der Waals surface area (Å²) < 4.78 is 0. The number of hydrogen-bond acceptors (Lipinski definition) is 4. The molecule has 2 fully saturated rings. The fourth-order valence-electron chi connectivity index (χ4n) is 1.75. The Morgan fingerprint density at radius 2 is 2.07 bits per heavy atom. The molecule has 0 radical (unpaired) electrons. The zero-order chi connectivity index (χ0) is 10.7. The van der Waals surface area contributed by atoms with E-state index in [9.17, 15) is 9.59 Å². The van der Waals surface area contributed by atoms with Crippen molar-refractivity contribution in [3.63, 3.8) is 0 Å². The lowest BCUT2D eigenvalue weighted by molar-refractivity contribution is -0.132. The number of hydrogen-bond donors (Lipinski definition) is 1. The number of carbonyl (C=O) groups is 2. The summed E-state index contributed by atoms with van der Waals surface area (Å²) in [5.74, 6) is 0.889. The summed E-state index contributed by atoms with van der Waals surface area (Å²) in [5, 5.41) is 3.23. The smallest absolute Gasteiger partial charge is 0.282 e. The van der Waals surface area contributed by atoms with Crippen molar-refractivity contribution in [1.82, 2.24) is 15.1 Å². The molecule has 0 aromatic heterocycles. The van der Waals surface area contributed by atoms with Crippen molar-refractivity contribution >= 4 is 22.9 Å². The van der Waals surface area contributed by atoms with E-state index in [1.807, 2.05) is 4.90 Å². The van der Waals surface area contributed by atoms with Crippen LogP contribution in [0.3, 0.4) is 0 Å². The van der Waals surface area contributed by atoms with E-state index in [2.05, 4.69) is 5.32 Å². The first-order valence-electron chi connectivity index (χ1n) is 5.17. The highest BCUT2D eigenvalue weighted by Crippen LogP contribution is 2.16. The molecule has 0 aromatic rings. The summed E-state index contributed by atoms with van der Waals surface area (Å²) in [6, 6.07) is 0. The Morgan fingerprint density at radius 1 is 1.33 bits per heavy atom.